The average Bonchev–Trinajstić information content (AvgIpc) is 3.05. The van der Waals surface area contributed by atoms with Crippen LogP contribution in [-0.4, -0.2) is 35.4 Å². The molecule has 6 nitrogen and oxygen atoms in total. The van der Waals surface area contributed by atoms with Gasteiger partial charge in [-0.2, -0.15) is 0 Å². The molecule has 1 fully saturated rings. The molecule has 1 aliphatic rings. The summed E-state index contributed by atoms with van der Waals surface area (Å²) in [6, 6.07) is 10.1. The van der Waals surface area contributed by atoms with E-state index in [4.69, 9.17) is 9.47 Å². The van der Waals surface area contributed by atoms with E-state index in [-0.39, 0.29) is 30.7 Å². The van der Waals surface area contributed by atoms with Gasteiger partial charge in [-0.15, -0.1) is 0 Å². The molecule has 1 amide bonds. The first-order valence-electron chi connectivity index (χ1n) is 11.0. The maximum Gasteiger partial charge on any atom is 0.407 e. The van der Waals surface area contributed by atoms with Crippen molar-refractivity contribution in [3.8, 4) is 0 Å². The zero-order valence-electron chi connectivity index (χ0n) is 18.6. The molecule has 1 N–H and O–H groups in total. The lowest BCUT2D eigenvalue weighted by atomic mass is 9.98. The number of carbonyl (C=O) groups excluding carboxylic acids is 2. The zero-order valence-corrected chi connectivity index (χ0v) is 18.6. The molecule has 0 saturated heterocycles. The molecule has 1 heterocycles. The number of para-hydroxylation sites is 1. The monoisotopic (exact) mass is 414 g/mol. The highest BCUT2D eigenvalue weighted by molar-refractivity contribution is 5.84. The van der Waals surface area contributed by atoms with E-state index in [0.29, 0.717) is 6.54 Å². The Bertz CT molecular complexity index is 878. The second kappa shape index (κ2) is 9.54. The Kier molecular flexibility index (Phi) is 7.06. The van der Waals surface area contributed by atoms with Crippen molar-refractivity contribution in [2.75, 3.05) is 6.54 Å². The van der Waals surface area contributed by atoms with E-state index in [9.17, 15) is 9.59 Å². The summed E-state index contributed by atoms with van der Waals surface area (Å²) in [4.78, 5) is 24.7. The van der Waals surface area contributed by atoms with E-state index in [1.54, 1.807) is 0 Å². The van der Waals surface area contributed by atoms with Crippen molar-refractivity contribution in [2.24, 2.45) is 0 Å². The van der Waals surface area contributed by atoms with Crippen molar-refractivity contribution in [1.82, 2.24) is 9.88 Å². The van der Waals surface area contributed by atoms with E-state index in [0.717, 1.165) is 42.3 Å². The summed E-state index contributed by atoms with van der Waals surface area (Å²) >= 11 is 0. The third-order valence-corrected chi connectivity index (χ3v) is 5.58. The van der Waals surface area contributed by atoms with Crippen LogP contribution >= 0.6 is 0 Å². The molecule has 1 aliphatic carbocycles. The second-order valence-corrected chi connectivity index (χ2v) is 9.08. The number of nitrogens with zero attached hydrogens (tertiary/aromatic N) is 1. The normalized spacial score (nSPS) is 15.4. The van der Waals surface area contributed by atoms with Crippen LogP contribution in [0.1, 0.15) is 65.5 Å². The van der Waals surface area contributed by atoms with Gasteiger partial charge in [-0.1, -0.05) is 24.6 Å². The number of alkyl carbamates (subject to hydrolysis) is 1. The van der Waals surface area contributed by atoms with Crippen molar-refractivity contribution in [3.05, 3.63) is 36.0 Å². The van der Waals surface area contributed by atoms with Crippen LogP contribution in [0.4, 0.5) is 4.79 Å². The molecule has 0 unspecified atom stereocenters. The number of rotatable bonds is 7. The van der Waals surface area contributed by atoms with Gasteiger partial charge in [0.1, 0.15) is 6.10 Å². The Hall–Kier alpha value is -2.50. The summed E-state index contributed by atoms with van der Waals surface area (Å²) in [5, 5.41) is 4.00. The fourth-order valence-electron chi connectivity index (χ4n) is 4.25. The van der Waals surface area contributed by atoms with Crippen LogP contribution < -0.4 is 5.32 Å². The predicted molar refractivity (Wildman–Crippen MR) is 118 cm³/mol. The maximum atomic E-state index is 12.4. The van der Waals surface area contributed by atoms with Crippen molar-refractivity contribution >= 4 is 23.0 Å². The Labute approximate surface area is 178 Å². The van der Waals surface area contributed by atoms with Crippen LogP contribution in [0.3, 0.4) is 0 Å². The zero-order chi connectivity index (χ0) is 21.7. The number of esters is 1. The number of ether oxygens (including phenoxy) is 2. The molecular weight excluding hydrogens is 380 g/mol. The number of aromatic nitrogens is 1. The number of nitrogens with one attached hydrogen (secondary N) is 1. The Morgan fingerprint density at radius 3 is 2.57 bits per heavy atom. The van der Waals surface area contributed by atoms with E-state index in [1.807, 2.05) is 44.2 Å². The fourth-order valence-corrected chi connectivity index (χ4v) is 4.25. The summed E-state index contributed by atoms with van der Waals surface area (Å²) in [6.07, 6.45) is 5.04. The van der Waals surface area contributed by atoms with Gasteiger partial charge in [0.2, 0.25) is 0 Å². The number of fused-ring (bicyclic) bond motifs is 1. The minimum Gasteiger partial charge on any atom is -0.463 e. The molecular formula is C24H34N2O4. The quantitative estimate of drug-likeness (QED) is 0.652. The largest absolute Gasteiger partial charge is 0.463 e. The predicted octanol–water partition coefficient (Wildman–Crippen LogP) is 4.93. The van der Waals surface area contributed by atoms with E-state index < -0.39 is 5.54 Å². The first kappa shape index (κ1) is 22.2. The summed E-state index contributed by atoms with van der Waals surface area (Å²) < 4.78 is 13.1. The fraction of sp³-hybridized carbons (Fsp3) is 0.583. The second-order valence-electron chi connectivity index (χ2n) is 9.08. The third kappa shape index (κ3) is 5.55. The lowest BCUT2D eigenvalue weighted by Crippen LogP contribution is -2.42. The minimum atomic E-state index is -0.456. The van der Waals surface area contributed by atoms with E-state index in [2.05, 4.69) is 23.7 Å². The van der Waals surface area contributed by atoms with Crippen LogP contribution in [0.25, 0.3) is 10.9 Å². The summed E-state index contributed by atoms with van der Waals surface area (Å²) in [6.45, 7) is 8.19. The van der Waals surface area contributed by atoms with E-state index in [1.165, 1.54) is 6.42 Å². The van der Waals surface area contributed by atoms with Gasteiger partial charge in [0.25, 0.3) is 0 Å². The van der Waals surface area contributed by atoms with Crippen molar-refractivity contribution in [1.29, 1.82) is 0 Å². The Balaban J connectivity index is 1.75. The standard InChI is InChI=1S/C24H34N2O4/c1-17(2)29-22(27)15-19-14-18-10-8-9-13-21(18)26(19)24(3,4)16-25-23(28)30-20-11-6-5-7-12-20/h8-10,13-14,17,20H,5-7,11-12,15-16H2,1-4H3,(H,25,28). The molecule has 2 aromatic rings. The molecule has 30 heavy (non-hydrogen) atoms. The molecule has 164 valence electrons. The molecule has 0 atom stereocenters. The summed E-state index contributed by atoms with van der Waals surface area (Å²) in [5.41, 5.74) is 1.44. The molecule has 0 bridgehead atoms. The first-order chi connectivity index (χ1) is 14.3. The van der Waals surface area contributed by atoms with Gasteiger partial charge in [0, 0.05) is 17.8 Å². The Morgan fingerprint density at radius 2 is 1.87 bits per heavy atom. The molecule has 0 spiro atoms. The molecule has 0 radical (unpaired) electrons. The first-order valence-corrected chi connectivity index (χ1v) is 11.0. The van der Waals surface area contributed by atoms with Gasteiger partial charge in [-0.3, -0.25) is 4.79 Å². The highest BCUT2D eigenvalue weighted by Gasteiger charge is 2.28. The number of carbonyl (C=O) groups is 2. The smallest absolute Gasteiger partial charge is 0.407 e. The maximum absolute atomic E-state index is 12.4. The van der Waals surface area contributed by atoms with Crippen molar-refractivity contribution in [3.63, 3.8) is 0 Å². The van der Waals surface area contributed by atoms with Gasteiger partial charge in [-0.05, 0) is 70.9 Å². The number of amides is 1. The van der Waals surface area contributed by atoms with Gasteiger partial charge >= 0.3 is 12.1 Å². The van der Waals surface area contributed by atoms with Crippen LogP contribution in [0.15, 0.2) is 30.3 Å². The van der Waals surface area contributed by atoms with Crippen LogP contribution in [-0.2, 0) is 26.2 Å². The molecule has 1 aromatic heterocycles. The highest BCUT2D eigenvalue weighted by atomic mass is 16.6. The molecule has 1 saturated carbocycles. The highest BCUT2D eigenvalue weighted by Crippen LogP contribution is 2.28. The van der Waals surface area contributed by atoms with Crippen LogP contribution in [0.5, 0.6) is 0 Å². The lowest BCUT2D eigenvalue weighted by Gasteiger charge is -2.31. The molecule has 1 aromatic carbocycles. The Morgan fingerprint density at radius 1 is 1.17 bits per heavy atom. The van der Waals surface area contributed by atoms with Crippen molar-refractivity contribution < 1.29 is 19.1 Å². The van der Waals surface area contributed by atoms with Crippen LogP contribution in [0, 0.1) is 0 Å². The number of benzene rings is 1. The minimum absolute atomic E-state index is 0.0237. The van der Waals surface area contributed by atoms with Gasteiger partial charge in [-0.25, -0.2) is 4.79 Å². The van der Waals surface area contributed by atoms with Crippen molar-refractivity contribution in [2.45, 2.75) is 84.0 Å². The van der Waals surface area contributed by atoms with Gasteiger partial charge in [0.05, 0.1) is 18.1 Å². The summed E-state index contributed by atoms with van der Waals surface area (Å²) in [5.74, 6) is -0.255. The number of hydrogen-bond donors (Lipinski definition) is 1. The molecule has 6 heteroatoms. The average molecular weight is 415 g/mol. The van der Waals surface area contributed by atoms with E-state index >= 15 is 0 Å². The third-order valence-electron chi connectivity index (χ3n) is 5.58. The molecule has 3 rings (SSSR count). The molecule has 0 aliphatic heterocycles. The lowest BCUT2D eigenvalue weighted by molar-refractivity contribution is -0.146. The number of hydrogen-bond acceptors (Lipinski definition) is 4. The van der Waals surface area contributed by atoms with Crippen LogP contribution in [0.2, 0.25) is 0 Å². The summed E-state index contributed by atoms with van der Waals surface area (Å²) in [7, 11) is 0. The SMILES string of the molecule is CC(C)OC(=O)Cc1cc2ccccc2n1C(C)(C)CNC(=O)OC1CCCCC1. The van der Waals surface area contributed by atoms with Gasteiger partial charge < -0.3 is 19.4 Å². The van der Waals surface area contributed by atoms with Gasteiger partial charge in [0.15, 0.2) is 0 Å². The topological polar surface area (TPSA) is 69.6 Å².